The number of rotatable bonds is 6. The lowest BCUT2D eigenvalue weighted by atomic mass is 10.1. The highest BCUT2D eigenvalue weighted by Gasteiger charge is 2.12. The van der Waals surface area contributed by atoms with Crippen LogP contribution in [0.15, 0.2) is 53.1 Å². The summed E-state index contributed by atoms with van der Waals surface area (Å²) in [6, 6.07) is 14.3. The fourth-order valence-corrected chi connectivity index (χ4v) is 2.65. The fraction of sp³-hybridized carbons (Fsp3) is 0.190. The number of carbonyl (C=O) groups is 2. The molecule has 2 aromatic carbocycles. The Hall–Kier alpha value is -3.79. The number of furan rings is 1. The minimum absolute atomic E-state index is 0.0786. The van der Waals surface area contributed by atoms with Gasteiger partial charge in [-0.15, -0.1) is 0 Å². The van der Waals surface area contributed by atoms with Crippen molar-refractivity contribution in [2.24, 2.45) is 0 Å². The summed E-state index contributed by atoms with van der Waals surface area (Å²) in [7, 11) is 0. The summed E-state index contributed by atoms with van der Waals surface area (Å²) >= 11 is 0. The molecule has 1 heterocycles. The van der Waals surface area contributed by atoms with Crippen molar-refractivity contribution < 1.29 is 18.7 Å². The monoisotopic (exact) mass is 377 g/mol. The number of hydrazine groups is 1. The summed E-state index contributed by atoms with van der Waals surface area (Å²) in [6.45, 7) is 1.80. The molecule has 142 valence electrons. The lowest BCUT2D eigenvalue weighted by Gasteiger charge is -2.08. The number of hydrogen-bond donors (Lipinski definition) is 2. The molecule has 3 aromatic rings. The van der Waals surface area contributed by atoms with Crippen molar-refractivity contribution in [1.82, 2.24) is 10.9 Å². The predicted molar refractivity (Wildman–Crippen MR) is 102 cm³/mol. The van der Waals surface area contributed by atoms with E-state index in [4.69, 9.17) is 14.4 Å². The van der Waals surface area contributed by atoms with Crippen LogP contribution in [0.2, 0.25) is 0 Å². The first-order valence-electron chi connectivity index (χ1n) is 8.78. The molecular weight excluding hydrogens is 358 g/mol. The molecule has 0 radical (unpaired) electrons. The lowest BCUT2D eigenvalue weighted by Crippen LogP contribution is -2.44. The minimum atomic E-state index is -0.498. The molecule has 7 heteroatoms. The van der Waals surface area contributed by atoms with Crippen LogP contribution in [0.1, 0.15) is 23.6 Å². The Balaban J connectivity index is 1.47. The number of nitrogens with one attached hydrogen (secondary N) is 2. The van der Waals surface area contributed by atoms with Gasteiger partial charge >= 0.3 is 0 Å². The standard InChI is InChI=1S/C21H19N3O4/c1-2-14-5-8-18-16(12-28-19(18)9-14)10-20(25)23-24-21(26)13-27-17-6-3-15(11-22)4-7-17/h3-9,12H,2,10,13H2,1H3,(H,23,25)(H,24,26). The van der Waals surface area contributed by atoms with Gasteiger partial charge in [0.25, 0.3) is 5.91 Å². The Morgan fingerprint density at radius 1 is 1.11 bits per heavy atom. The molecule has 0 spiro atoms. The summed E-state index contributed by atoms with van der Waals surface area (Å²) in [5.74, 6) is -0.409. The third-order valence-corrected chi connectivity index (χ3v) is 4.17. The molecule has 1 aromatic heterocycles. The first-order valence-corrected chi connectivity index (χ1v) is 8.78. The summed E-state index contributed by atoms with van der Waals surface area (Å²) in [6.07, 6.45) is 2.54. The molecule has 0 unspecified atom stereocenters. The first-order chi connectivity index (χ1) is 13.6. The topological polar surface area (TPSA) is 104 Å². The van der Waals surface area contributed by atoms with Crippen molar-refractivity contribution in [2.45, 2.75) is 19.8 Å². The Morgan fingerprint density at radius 3 is 2.57 bits per heavy atom. The Labute approximate surface area is 161 Å². The van der Waals surface area contributed by atoms with Crippen LogP contribution in [0.3, 0.4) is 0 Å². The molecule has 0 atom stereocenters. The summed E-state index contributed by atoms with van der Waals surface area (Å²) < 4.78 is 10.8. The van der Waals surface area contributed by atoms with Gasteiger partial charge in [0, 0.05) is 10.9 Å². The number of amides is 2. The second kappa shape index (κ2) is 8.73. The smallest absolute Gasteiger partial charge is 0.276 e. The fourth-order valence-electron chi connectivity index (χ4n) is 2.65. The van der Waals surface area contributed by atoms with Gasteiger partial charge in [-0.3, -0.25) is 20.4 Å². The van der Waals surface area contributed by atoms with Crippen molar-refractivity contribution in [2.75, 3.05) is 6.61 Å². The van der Waals surface area contributed by atoms with Crippen molar-refractivity contribution in [1.29, 1.82) is 5.26 Å². The third kappa shape index (κ3) is 4.68. The van der Waals surface area contributed by atoms with Crippen molar-refractivity contribution in [3.8, 4) is 11.8 Å². The second-order valence-corrected chi connectivity index (χ2v) is 6.14. The van der Waals surface area contributed by atoms with E-state index in [1.54, 1.807) is 30.5 Å². The summed E-state index contributed by atoms with van der Waals surface area (Å²) in [5.41, 5.74) is 7.81. The van der Waals surface area contributed by atoms with Gasteiger partial charge in [0.05, 0.1) is 24.3 Å². The van der Waals surface area contributed by atoms with Crippen LogP contribution in [0, 0.1) is 11.3 Å². The molecule has 0 saturated carbocycles. The number of ether oxygens (including phenoxy) is 1. The first kappa shape index (κ1) is 19.0. The van der Waals surface area contributed by atoms with E-state index in [9.17, 15) is 9.59 Å². The molecule has 3 rings (SSSR count). The van der Waals surface area contributed by atoms with Crippen molar-refractivity contribution in [3.05, 3.63) is 65.4 Å². The second-order valence-electron chi connectivity index (χ2n) is 6.14. The van der Waals surface area contributed by atoms with Gasteiger partial charge in [-0.2, -0.15) is 5.26 Å². The number of nitrogens with zero attached hydrogens (tertiary/aromatic N) is 1. The van der Waals surface area contributed by atoms with E-state index in [-0.39, 0.29) is 18.9 Å². The number of hydrogen-bond acceptors (Lipinski definition) is 5. The maximum Gasteiger partial charge on any atom is 0.276 e. The molecule has 0 bridgehead atoms. The largest absolute Gasteiger partial charge is 0.484 e. The maximum atomic E-state index is 12.1. The number of nitriles is 1. The van der Waals surface area contributed by atoms with E-state index in [1.165, 1.54) is 0 Å². The van der Waals surface area contributed by atoms with Crippen LogP contribution in [-0.4, -0.2) is 18.4 Å². The molecule has 28 heavy (non-hydrogen) atoms. The van der Waals surface area contributed by atoms with Gasteiger partial charge in [0.15, 0.2) is 6.61 Å². The molecule has 2 N–H and O–H groups in total. The molecular formula is C21H19N3O4. The van der Waals surface area contributed by atoms with Gasteiger partial charge in [0.1, 0.15) is 11.3 Å². The molecule has 0 saturated heterocycles. The van der Waals surface area contributed by atoms with E-state index >= 15 is 0 Å². The highest BCUT2D eigenvalue weighted by molar-refractivity contribution is 5.89. The Morgan fingerprint density at radius 2 is 1.86 bits per heavy atom. The number of fused-ring (bicyclic) bond motifs is 1. The summed E-state index contributed by atoms with van der Waals surface area (Å²) in [4.78, 5) is 23.9. The molecule has 0 fully saturated rings. The van der Waals surface area contributed by atoms with Gasteiger partial charge in [-0.25, -0.2) is 0 Å². The van der Waals surface area contributed by atoms with Crippen LogP contribution < -0.4 is 15.6 Å². The molecule has 2 amide bonds. The summed E-state index contributed by atoms with van der Waals surface area (Å²) in [5, 5.41) is 9.62. The van der Waals surface area contributed by atoms with Crippen molar-refractivity contribution >= 4 is 22.8 Å². The average molecular weight is 377 g/mol. The number of aryl methyl sites for hydroxylation is 1. The van der Waals surface area contributed by atoms with Crippen LogP contribution in [0.5, 0.6) is 5.75 Å². The predicted octanol–water partition coefficient (Wildman–Crippen LogP) is 2.64. The van der Waals surface area contributed by atoms with E-state index in [0.717, 1.165) is 28.5 Å². The van der Waals surface area contributed by atoms with Gasteiger partial charge in [-0.1, -0.05) is 19.1 Å². The molecule has 0 aliphatic rings. The van der Waals surface area contributed by atoms with Crippen LogP contribution in [0.25, 0.3) is 11.0 Å². The van der Waals surface area contributed by atoms with E-state index in [0.29, 0.717) is 11.3 Å². The minimum Gasteiger partial charge on any atom is -0.484 e. The quantitative estimate of drug-likeness (QED) is 0.643. The van der Waals surface area contributed by atoms with E-state index in [1.807, 2.05) is 24.3 Å². The van der Waals surface area contributed by atoms with Crippen LogP contribution in [0.4, 0.5) is 0 Å². The lowest BCUT2D eigenvalue weighted by molar-refractivity contribution is -0.129. The van der Waals surface area contributed by atoms with Gasteiger partial charge in [0.2, 0.25) is 5.91 Å². The molecule has 7 nitrogen and oxygen atoms in total. The maximum absolute atomic E-state index is 12.1. The molecule has 0 aliphatic heterocycles. The zero-order valence-corrected chi connectivity index (χ0v) is 15.3. The van der Waals surface area contributed by atoms with E-state index < -0.39 is 5.91 Å². The van der Waals surface area contributed by atoms with Crippen LogP contribution >= 0.6 is 0 Å². The third-order valence-electron chi connectivity index (χ3n) is 4.17. The molecule has 0 aliphatic carbocycles. The average Bonchev–Trinajstić information content (AvgIpc) is 3.12. The Kier molecular flexibility index (Phi) is 5.92. The van der Waals surface area contributed by atoms with Gasteiger partial charge < -0.3 is 9.15 Å². The Bertz CT molecular complexity index is 1030. The number of carbonyl (C=O) groups excluding carboxylic acids is 2. The van der Waals surface area contributed by atoms with Crippen LogP contribution in [-0.2, 0) is 22.4 Å². The van der Waals surface area contributed by atoms with Crippen molar-refractivity contribution in [3.63, 3.8) is 0 Å². The highest BCUT2D eigenvalue weighted by atomic mass is 16.5. The number of benzene rings is 2. The highest BCUT2D eigenvalue weighted by Crippen LogP contribution is 2.23. The zero-order valence-electron chi connectivity index (χ0n) is 15.3. The zero-order chi connectivity index (χ0) is 19.9. The SMILES string of the molecule is CCc1ccc2c(CC(=O)NNC(=O)COc3ccc(C#N)cc3)coc2c1. The van der Waals surface area contributed by atoms with E-state index in [2.05, 4.69) is 17.8 Å². The normalized spacial score (nSPS) is 10.3. The van der Waals surface area contributed by atoms with Gasteiger partial charge in [-0.05, 0) is 42.3 Å².